The first-order chi connectivity index (χ1) is 14.7. The number of aromatic nitrogens is 7. The molecule has 0 aliphatic carbocycles. The maximum absolute atomic E-state index is 13.1. The first kappa shape index (κ1) is 19.3. The lowest BCUT2D eigenvalue weighted by Gasteiger charge is -2.06. The van der Waals surface area contributed by atoms with Gasteiger partial charge in [0.25, 0.3) is 0 Å². The fourth-order valence-corrected chi connectivity index (χ4v) is 4.47. The lowest BCUT2D eigenvalue weighted by Crippen LogP contribution is -2.07. The minimum Gasteiger partial charge on any atom is -0.265 e. The maximum Gasteiger partial charge on any atom is 0.433 e. The van der Waals surface area contributed by atoms with Crippen LogP contribution >= 0.6 is 11.3 Å². The molecule has 0 aromatic carbocycles. The summed E-state index contributed by atoms with van der Waals surface area (Å²) in [4.78, 5) is 23.1. The van der Waals surface area contributed by atoms with E-state index in [1.807, 2.05) is 0 Å². The highest BCUT2D eigenvalue weighted by molar-refractivity contribution is 7.26. The van der Waals surface area contributed by atoms with Crippen molar-refractivity contribution >= 4 is 43.1 Å². The summed E-state index contributed by atoms with van der Waals surface area (Å²) in [6, 6.07) is 1.01. The third kappa shape index (κ3) is 3.24. The Kier molecular flexibility index (Phi) is 4.15. The van der Waals surface area contributed by atoms with Crippen molar-refractivity contribution in [1.82, 2.24) is 34.3 Å². The van der Waals surface area contributed by atoms with Crippen LogP contribution in [0.2, 0.25) is 0 Å². The second kappa shape index (κ2) is 6.66. The fraction of sp³-hybridized carbons (Fsp3) is 0.235. The zero-order valence-electron chi connectivity index (χ0n) is 15.7. The Balaban J connectivity index is 1.54. The van der Waals surface area contributed by atoms with E-state index in [2.05, 4.69) is 25.1 Å². The normalized spacial score (nSPS) is 12.4. The van der Waals surface area contributed by atoms with E-state index in [-0.39, 0.29) is 10.5 Å². The van der Waals surface area contributed by atoms with Gasteiger partial charge in [-0.3, -0.25) is 14.8 Å². The van der Waals surface area contributed by atoms with Crippen molar-refractivity contribution in [3.05, 3.63) is 52.0 Å². The van der Waals surface area contributed by atoms with Crippen molar-refractivity contribution in [2.24, 2.45) is 0 Å². The molecular weight excluding hydrogens is 437 g/mol. The Morgan fingerprint density at radius 1 is 1.29 bits per heavy atom. The minimum atomic E-state index is -4.54. The molecule has 5 aromatic heterocycles. The Labute approximate surface area is 174 Å². The molecule has 5 heterocycles. The molecule has 31 heavy (non-hydrogen) atoms. The van der Waals surface area contributed by atoms with E-state index in [4.69, 9.17) is 0 Å². The molecule has 0 atom stereocenters. The first-order valence-electron chi connectivity index (χ1n) is 8.89. The third-order valence-corrected chi connectivity index (χ3v) is 5.76. The lowest BCUT2D eigenvalue weighted by molar-refractivity contribution is -0.385. The number of nitrogens with zero attached hydrogens (tertiary/aromatic N) is 8. The topological polar surface area (TPSA) is 117 Å². The molecule has 0 saturated heterocycles. The van der Waals surface area contributed by atoms with Crippen molar-refractivity contribution in [3.63, 3.8) is 0 Å². The Hall–Kier alpha value is -3.68. The van der Waals surface area contributed by atoms with Crippen LogP contribution in [0.1, 0.15) is 17.1 Å². The third-order valence-electron chi connectivity index (χ3n) is 4.69. The van der Waals surface area contributed by atoms with Crippen molar-refractivity contribution in [3.8, 4) is 0 Å². The molecular formula is C17H11F3N8O2S. The summed E-state index contributed by atoms with van der Waals surface area (Å²) in [5.74, 6) is 0.450. The molecule has 0 aliphatic rings. The lowest BCUT2D eigenvalue weighted by atomic mass is 10.1. The summed E-state index contributed by atoms with van der Waals surface area (Å²) in [6.07, 6.45) is -0.263. The van der Waals surface area contributed by atoms with Crippen LogP contribution in [0.15, 0.2) is 24.8 Å². The second-order valence-corrected chi connectivity index (χ2v) is 7.79. The highest BCUT2D eigenvalue weighted by atomic mass is 32.1. The number of thiophene rings is 1. The zero-order chi connectivity index (χ0) is 21.9. The van der Waals surface area contributed by atoms with Gasteiger partial charge in [-0.2, -0.15) is 18.3 Å². The second-order valence-electron chi connectivity index (χ2n) is 6.79. The van der Waals surface area contributed by atoms with Gasteiger partial charge < -0.3 is 0 Å². The molecule has 0 N–H and O–H groups in total. The van der Waals surface area contributed by atoms with Crippen LogP contribution in [-0.2, 0) is 19.1 Å². The molecule has 0 fully saturated rings. The Bertz CT molecular complexity index is 1490. The number of nitro groups is 1. The van der Waals surface area contributed by atoms with Gasteiger partial charge in [-0.25, -0.2) is 19.5 Å². The first-order valence-corrected chi connectivity index (χ1v) is 9.70. The summed E-state index contributed by atoms with van der Waals surface area (Å²) in [5, 5.41) is 19.6. The molecule has 0 amide bonds. The van der Waals surface area contributed by atoms with E-state index < -0.39 is 16.8 Å². The molecule has 158 valence electrons. The van der Waals surface area contributed by atoms with E-state index in [9.17, 15) is 23.3 Å². The van der Waals surface area contributed by atoms with Crippen LogP contribution in [0.25, 0.3) is 26.1 Å². The van der Waals surface area contributed by atoms with Gasteiger partial charge in [-0.1, -0.05) is 0 Å². The van der Waals surface area contributed by atoms with Gasteiger partial charge >= 0.3 is 11.9 Å². The van der Waals surface area contributed by atoms with Crippen molar-refractivity contribution in [2.45, 2.75) is 26.1 Å². The highest BCUT2D eigenvalue weighted by Crippen LogP contribution is 2.38. The van der Waals surface area contributed by atoms with E-state index >= 15 is 0 Å². The van der Waals surface area contributed by atoms with Gasteiger partial charge in [0.2, 0.25) is 0 Å². The summed E-state index contributed by atoms with van der Waals surface area (Å²) in [7, 11) is 0. The van der Waals surface area contributed by atoms with Gasteiger partial charge in [-0.05, 0) is 18.6 Å². The van der Waals surface area contributed by atoms with E-state index in [1.165, 1.54) is 21.7 Å². The van der Waals surface area contributed by atoms with Gasteiger partial charge in [0.15, 0.2) is 11.5 Å². The number of aryl methyl sites for hydroxylation is 3. The van der Waals surface area contributed by atoms with Crippen LogP contribution in [0.3, 0.4) is 0 Å². The molecule has 0 unspecified atom stereocenters. The van der Waals surface area contributed by atoms with Crippen molar-refractivity contribution in [2.75, 3.05) is 0 Å². The number of rotatable bonds is 4. The number of hydrogen-bond donors (Lipinski definition) is 0. The van der Waals surface area contributed by atoms with Crippen LogP contribution in [0.4, 0.5) is 18.9 Å². The summed E-state index contributed by atoms with van der Waals surface area (Å²) >= 11 is 1.08. The smallest absolute Gasteiger partial charge is 0.265 e. The number of hydrogen-bond acceptors (Lipinski definition) is 8. The van der Waals surface area contributed by atoms with Crippen molar-refractivity contribution in [1.29, 1.82) is 0 Å². The minimum absolute atomic E-state index is 0.111. The van der Waals surface area contributed by atoms with E-state index in [0.29, 0.717) is 45.6 Å². The number of fused-ring (bicyclic) bond motifs is 5. The quantitative estimate of drug-likeness (QED) is 0.305. The monoisotopic (exact) mass is 448 g/mol. The predicted octanol–water partition coefficient (Wildman–Crippen LogP) is 3.56. The molecule has 0 aliphatic heterocycles. The van der Waals surface area contributed by atoms with Gasteiger partial charge in [0, 0.05) is 18.4 Å². The summed E-state index contributed by atoms with van der Waals surface area (Å²) in [5.41, 5.74) is 0.353. The van der Waals surface area contributed by atoms with Crippen LogP contribution < -0.4 is 0 Å². The van der Waals surface area contributed by atoms with E-state index in [1.54, 1.807) is 6.92 Å². The molecule has 10 nitrogen and oxygen atoms in total. The maximum atomic E-state index is 13.1. The van der Waals surface area contributed by atoms with Gasteiger partial charge in [0.1, 0.15) is 33.9 Å². The van der Waals surface area contributed by atoms with E-state index in [0.717, 1.165) is 23.6 Å². The summed E-state index contributed by atoms with van der Waals surface area (Å²) < 4.78 is 42.9. The predicted molar refractivity (Wildman–Crippen MR) is 104 cm³/mol. The molecule has 0 bridgehead atoms. The number of pyridine rings is 1. The van der Waals surface area contributed by atoms with Crippen LogP contribution in [0, 0.1) is 17.0 Å². The largest absolute Gasteiger partial charge is 0.433 e. The van der Waals surface area contributed by atoms with Gasteiger partial charge in [0.05, 0.1) is 10.4 Å². The molecule has 5 aromatic rings. The standard InChI is InChI=1S/C17H11F3N8O2S/c1-8-4-10(17(18,19)20)23-16-12(8)13-14(31-16)15-24-11(25-27(15)7-21-13)2-3-26-6-9(5-22-26)28(29)30/h4-7H,2-3H2,1H3. The molecule has 0 radical (unpaired) electrons. The fourth-order valence-electron chi connectivity index (χ4n) is 3.29. The van der Waals surface area contributed by atoms with Crippen LogP contribution in [-0.4, -0.2) is 39.3 Å². The average Bonchev–Trinajstić information content (AvgIpc) is 3.40. The SMILES string of the molecule is Cc1cc(C(F)(F)F)nc2sc3c(ncn4nc(CCn5cc([N+](=O)[O-])cn5)nc34)c12. The zero-order valence-corrected chi connectivity index (χ0v) is 16.5. The highest BCUT2D eigenvalue weighted by Gasteiger charge is 2.33. The summed E-state index contributed by atoms with van der Waals surface area (Å²) in [6.45, 7) is 1.92. The number of alkyl halides is 3. The molecule has 14 heteroatoms. The van der Waals surface area contributed by atoms with Crippen molar-refractivity contribution < 1.29 is 18.1 Å². The molecule has 5 rings (SSSR count). The van der Waals surface area contributed by atoms with Gasteiger partial charge in [-0.15, -0.1) is 16.4 Å². The molecule has 0 spiro atoms. The average molecular weight is 448 g/mol. The number of halogens is 3. The Morgan fingerprint density at radius 3 is 2.81 bits per heavy atom. The van der Waals surface area contributed by atoms with Crippen LogP contribution in [0.5, 0.6) is 0 Å². The molecule has 0 saturated carbocycles. The Morgan fingerprint density at radius 2 is 2.10 bits per heavy atom.